The van der Waals surface area contributed by atoms with E-state index in [1.54, 1.807) is 37.3 Å². The average molecular weight is 423 g/mol. The molecule has 0 unspecified atom stereocenters. The Balaban J connectivity index is 1.71. The summed E-state index contributed by atoms with van der Waals surface area (Å²) in [5.74, 6) is 0.0952. The van der Waals surface area contributed by atoms with Crippen molar-refractivity contribution in [3.63, 3.8) is 0 Å². The number of nitrogens with zero attached hydrogens (tertiary/aromatic N) is 3. The molecule has 0 spiro atoms. The first-order valence-electron chi connectivity index (χ1n) is 9.42. The summed E-state index contributed by atoms with van der Waals surface area (Å²) in [5.41, 5.74) is 1.67. The van der Waals surface area contributed by atoms with Gasteiger partial charge in [0.2, 0.25) is 5.91 Å². The van der Waals surface area contributed by atoms with Gasteiger partial charge in [0.15, 0.2) is 11.0 Å². The quantitative estimate of drug-likeness (QED) is 0.318. The van der Waals surface area contributed by atoms with Crippen molar-refractivity contribution >= 4 is 29.3 Å². The van der Waals surface area contributed by atoms with Gasteiger partial charge in [0.05, 0.1) is 23.6 Å². The normalized spacial score (nSPS) is 10.4. The zero-order valence-electron chi connectivity index (χ0n) is 16.6. The van der Waals surface area contributed by atoms with Gasteiger partial charge in [-0.3, -0.25) is 9.36 Å². The molecule has 0 saturated heterocycles. The van der Waals surface area contributed by atoms with Gasteiger partial charge in [-0.2, -0.15) is 0 Å². The number of para-hydroxylation sites is 1. The van der Waals surface area contributed by atoms with E-state index in [4.69, 9.17) is 4.74 Å². The Morgan fingerprint density at radius 3 is 2.60 bits per heavy atom. The molecule has 8 heteroatoms. The molecule has 1 N–H and O–H groups in total. The van der Waals surface area contributed by atoms with E-state index in [2.05, 4.69) is 22.1 Å². The SMILES string of the molecule is C=CCn1c(SCC(=O)Nc2ccccc2C(=O)OCC)nnc1-c1ccccc1. The van der Waals surface area contributed by atoms with Crippen LogP contribution in [-0.2, 0) is 16.1 Å². The van der Waals surface area contributed by atoms with Crippen molar-refractivity contribution in [3.05, 3.63) is 72.8 Å². The maximum absolute atomic E-state index is 12.5. The first-order chi connectivity index (χ1) is 14.6. The molecule has 1 aromatic heterocycles. The van der Waals surface area contributed by atoms with Crippen LogP contribution in [0.1, 0.15) is 17.3 Å². The van der Waals surface area contributed by atoms with Gasteiger partial charge in [-0.25, -0.2) is 4.79 Å². The number of amides is 1. The molecule has 0 bridgehead atoms. The molecule has 2 aromatic carbocycles. The van der Waals surface area contributed by atoms with Gasteiger partial charge in [0, 0.05) is 12.1 Å². The van der Waals surface area contributed by atoms with Crippen molar-refractivity contribution in [1.29, 1.82) is 0 Å². The number of nitrogens with one attached hydrogen (secondary N) is 1. The van der Waals surface area contributed by atoms with Gasteiger partial charge in [0.1, 0.15) is 0 Å². The van der Waals surface area contributed by atoms with Crippen LogP contribution in [0.25, 0.3) is 11.4 Å². The Morgan fingerprint density at radius 2 is 1.87 bits per heavy atom. The van der Waals surface area contributed by atoms with Crippen molar-refractivity contribution in [1.82, 2.24) is 14.8 Å². The van der Waals surface area contributed by atoms with Crippen molar-refractivity contribution in [2.45, 2.75) is 18.6 Å². The molecule has 1 amide bonds. The van der Waals surface area contributed by atoms with E-state index in [0.717, 1.165) is 5.56 Å². The number of anilines is 1. The minimum atomic E-state index is -0.473. The maximum Gasteiger partial charge on any atom is 0.340 e. The lowest BCUT2D eigenvalue weighted by Crippen LogP contribution is -2.17. The van der Waals surface area contributed by atoms with E-state index in [9.17, 15) is 9.59 Å². The summed E-state index contributed by atoms with van der Waals surface area (Å²) >= 11 is 1.27. The van der Waals surface area contributed by atoms with E-state index in [1.807, 2.05) is 34.9 Å². The number of hydrogen-bond acceptors (Lipinski definition) is 6. The number of ether oxygens (including phenoxy) is 1. The lowest BCUT2D eigenvalue weighted by atomic mass is 10.2. The van der Waals surface area contributed by atoms with Crippen LogP contribution in [0.4, 0.5) is 5.69 Å². The molecule has 7 nitrogen and oxygen atoms in total. The molecule has 0 atom stereocenters. The molecule has 3 rings (SSSR count). The Hall–Kier alpha value is -3.39. The van der Waals surface area contributed by atoms with Crippen molar-refractivity contribution < 1.29 is 14.3 Å². The molecule has 0 saturated carbocycles. The summed E-state index contributed by atoms with van der Waals surface area (Å²) in [6, 6.07) is 16.5. The first-order valence-corrected chi connectivity index (χ1v) is 10.4. The number of benzene rings is 2. The Bertz CT molecular complexity index is 1030. The highest BCUT2D eigenvalue weighted by atomic mass is 32.2. The Labute approximate surface area is 179 Å². The van der Waals surface area contributed by atoms with Crippen LogP contribution in [0.3, 0.4) is 0 Å². The zero-order chi connectivity index (χ0) is 21.3. The van der Waals surface area contributed by atoms with Gasteiger partial charge in [-0.15, -0.1) is 16.8 Å². The lowest BCUT2D eigenvalue weighted by Gasteiger charge is -2.10. The van der Waals surface area contributed by atoms with Gasteiger partial charge in [0.25, 0.3) is 0 Å². The third-order valence-corrected chi connectivity index (χ3v) is 5.06. The molecule has 0 aliphatic rings. The smallest absolute Gasteiger partial charge is 0.340 e. The monoisotopic (exact) mass is 422 g/mol. The van der Waals surface area contributed by atoms with Gasteiger partial charge in [-0.1, -0.05) is 60.3 Å². The number of aromatic nitrogens is 3. The zero-order valence-corrected chi connectivity index (χ0v) is 17.4. The minimum Gasteiger partial charge on any atom is -0.462 e. The number of allylic oxidation sites excluding steroid dienone is 1. The highest BCUT2D eigenvalue weighted by Crippen LogP contribution is 2.24. The van der Waals surface area contributed by atoms with Crippen LogP contribution < -0.4 is 5.32 Å². The fourth-order valence-corrected chi connectivity index (χ4v) is 3.53. The number of carbonyl (C=O) groups is 2. The second-order valence-corrected chi connectivity index (χ2v) is 7.12. The van der Waals surface area contributed by atoms with Gasteiger partial charge in [-0.05, 0) is 19.1 Å². The van der Waals surface area contributed by atoms with E-state index in [-0.39, 0.29) is 18.3 Å². The molecule has 1 heterocycles. The molecule has 0 fully saturated rings. The standard InChI is InChI=1S/C22H22N4O3S/c1-3-14-26-20(16-10-6-5-7-11-16)24-25-22(26)30-15-19(27)23-18-13-9-8-12-17(18)21(28)29-4-2/h3,5-13H,1,4,14-15H2,2H3,(H,23,27). The van der Waals surface area contributed by atoms with Crippen LogP contribution in [0, 0.1) is 0 Å². The number of rotatable bonds is 9. The van der Waals surface area contributed by atoms with Crippen molar-refractivity contribution in [3.8, 4) is 11.4 Å². The van der Waals surface area contributed by atoms with Crippen LogP contribution >= 0.6 is 11.8 Å². The molecule has 154 valence electrons. The van der Waals surface area contributed by atoms with E-state index >= 15 is 0 Å². The number of esters is 1. The number of hydrogen-bond donors (Lipinski definition) is 1. The largest absolute Gasteiger partial charge is 0.462 e. The van der Waals surface area contributed by atoms with Crippen molar-refractivity contribution in [2.24, 2.45) is 0 Å². The van der Waals surface area contributed by atoms with E-state index in [0.29, 0.717) is 28.8 Å². The topological polar surface area (TPSA) is 86.1 Å². The Morgan fingerprint density at radius 1 is 1.13 bits per heavy atom. The lowest BCUT2D eigenvalue weighted by molar-refractivity contribution is -0.113. The van der Waals surface area contributed by atoms with Gasteiger partial charge >= 0.3 is 5.97 Å². The van der Waals surface area contributed by atoms with Crippen LogP contribution in [0.15, 0.2) is 72.4 Å². The molecule has 0 aliphatic carbocycles. The second-order valence-electron chi connectivity index (χ2n) is 6.17. The number of carbonyl (C=O) groups excluding carboxylic acids is 2. The molecule has 3 aromatic rings. The predicted octanol–water partition coefficient (Wildman–Crippen LogP) is 4.04. The summed E-state index contributed by atoms with van der Waals surface area (Å²) in [6.07, 6.45) is 1.76. The van der Waals surface area contributed by atoms with Crippen LogP contribution in [-0.4, -0.2) is 39.0 Å². The average Bonchev–Trinajstić information content (AvgIpc) is 3.16. The summed E-state index contributed by atoms with van der Waals surface area (Å²) < 4.78 is 6.95. The summed E-state index contributed by atoms with van der Waals surface area (Å²) in [5, 5.41) is 11.9. The van der Waals surface area contributed by atoms with Gasteiger partial charge < -0.3 is 10.1 Å². The van der Waals surface area contributed by atoms with E-state index in [1.165, 1.54) is 11.8 Å². The predicted molar refractivity (Wildman–Crippen MR) is 117 cm³/mol. The summed E-state index contributed by atoms with van der Waals surface area (Å²) in [4.78, 5) is 24.6. The minimum absolute atomic E-state index is 0.112. The van der Waals surface area contributed by atoms with Crippen LogP contribution in [0.2, 0.25) is 0 Å². The molecule has 0 aliphatic heterocycles. The maximum atomic E-state index is 12.5. The van der Waals surface area contributed by atoms with Crippen LogP contribution in [0.5, 0.6) is 0 Å². The molecule has 0 radical (unpaired) electrons. The van der Waals surface area contributed by atoms with Crippen molar-refractivity contribution in [2.75, 3.05) is 17.7 Å². The second kappa shape index (κ2) is 10.4. The highest BCUT2D eigenvalue weighted by Gasteiger charge is 2.17. The summed E-state index contributed by atoms with van der Waals surface area (Å²) in [7, 11) is 0. The fraction of sp³-hybridized carbons (Fsp3) is 0.182. The third-order valence-electron chi connectivity index (χ3n) is 4.09. The molecule has 30 heavy (non-hydrogen) atoms. The van der Waals surface area contributed by atoms with E-state index < -0.39 is 5.97 Å². The molecular weight excluding hydrogens is 400 g/mol. The fourth-order valence-electron chi connectivity index (χ4n) is 2.79. The Kier molecular flexibility index (Phi) is 7.40. The molecular formula is C22H22N4O3S. The number of thioether (sulfide) groups is 1. The summed E-state index contributed by atoms with van der Waals surface area (Å²) in [6.45, 7) is 6.31. The highest BCUT2D eigenvalue weighted by molar-refractivity contribution is 7.99. The first kappa shape index (κ1) is 21.3. The third kappa shape index (κ3) is 5.15.